The Morgan fingerprint density at radius 1 is 1.50 bits per heavy atom. The smallest absolute Gasteiger partial charge is 0.127 e. The van der Waals surface area contributed by atoms with Crippen LogP contribution in [0.5, 0.6) is 0 Å². The van der Waals surface area contributed by atoms with E-state index < -0.39 is 0 Å². The Kier molecular flexibility index (Phi) is 4.16. The maximum Gasteiger partial charge on any atom is 0.127 e. The highest BCUT2D eigenvalue weighted by atomic mass is 35.5. The second-order valence-corrected chi connectivity index (χ2v) is 4.60. The first-order chi connectivity index (χ1) is 7.75. The molecule has 1 aliphatic heterocycles. The van der Waals surface area contributed by atoms with Crippen LogP contribution in [-0.2, 0) is 6.54 Å². The summed E-state index contributed by atoms with van der Waals surface area (Å²) >= 11 is 5.82. The summed E-state index contributed by atoms with van der Waals surface area (Å²) in [6.45, 7) is 2.51. The highest BCUT2D eigenvalue weighted by Crippen LogP contribution is 2.14. The topological polar surface area (TPSA) is 24.1 Å². The highest BCUT2D eigenvalue weighted by molar-refractivity contribution is 6.30. The average Bonchev–Trinajstić information content (AvgIpc) is 2.76. The molecular formula is C12H16ClFN2. The van der Waals surface area contributed by atoms with Crippen LogP contribution in [0.2, 0.25) is 5.02 Å². The van der Waals surface area contributed by atoms with E-state index in [-0.39, 0.29) is 5.82 Å². The molecule has 1 aromatic carbocycles. The summed E-state index contributed by atoms with van der Waals surface area (Å²) in [6, 6.07) is 5.18. The van der Waals surface area contributed by atoms with Gasteiger partial charge in [-0.25, -0.2) is 4.39 Å². The van der Waals surface area contributed by atoms with Gasteiger partial charge in [-0.2, -0.15) is 0 Å². The Labute approximate surface area is 100 Å². The average molecular weight is 243 g/mol. The molecule has 0 saturated carbocycles. The standard InChI is InChI=1S/C12H16ClFN2/c13-10-3-4-12(14)9(6-10)7-15-8-11-2-1-5-16-11/h3-4,6,11,15-16H,1-2,5,7-8H2. The Morgan fingerprint density at radius 3 is 3.12 bits per heavy atom. The van der Waals surface area contributed by atoms with Gasteiger partial charge in [0.1, 0.15) is 5.82 Å². The molecule has 0 aromatic heterocycles. The van der Waals surface area contributed by atoms with E-state index in [0.29, 0.717) is 23.2 Å². The molecular weight excluding hydrogens is 227 g/mol. The lowest BCUT2D eigenvalue weighted by Gasteiger charge is -2.11. The molecule has 1 heterocycles. The normalized spacial score (nSPS) is 20.2. The zero-order valence-electron chi connectivity index (χ0n) is 9.10. The van der Waals surface area contributed by atoms with Crippen molar-refractivity contribution < 1.29 is 4.39 Å². The lowest BCUT2D eigenvalue weighted by Crippen LogP contribution is -2.33. The summed E-state index contributed by atoms with van der Waals surface area (Å²) in [5, 5.41) is 7.22. The number of rotatable bonds is 4. The molecule has 0 radical (unpaired) electrons. The predicted molar refractivity (Wildman–Crippen MR) is 64.1 cm³/mol. The van der Waals surface area contributed by atoms with E-state index >= 15 is 0 Å². The third kappa shape index (κ3) is 3.17. The molecule has 0 bridgehead atoms. The monoisotopic (exact) mass is 242 g/mol. The molecule has 1 aromatic rings. The maximum absolute atomic E-state index is 13.4. The van der Waals surface area contributed by atoms with Gasteiger partial charge in [-0.3, -0.25) is 0 Å². The molecule has 1 unspecified atom stereocenters. The second kappa shape index (κ2) is 5.62. The minimum atomic E-state index is -0.198. The van der Waals surface area contributed by atoms with E-state index in [0.717, 1.165) is 13.1 Å². The zero-order chi connectivity index (χ0) is 11.4. The van der Waals surface area contributed by atoms with E-state index in [1.54, 1.807) is 12.1 Å². The van der Waals surface area contributed by atoms with Crippen LogP contribution in [0, 0.1) is 5.82 Å². The van der Waals surface area contributed by atoms with Gasteiger partial charge in [0, 0.05) is 29.7 Å². The number of halogens is 2. The zero-order valence-corrected chi connectivity index (χ0v) is 9.86. The van der Waals surface area contributed by atoms with E-state index in [9.17, 15) is 4.39 Å². The van der Waals surface area contributed by atoms with Gasteiger partial charge in [0.05, 0.1) is 0 Å². The van der Waals surface area contributed by atoms with E-state index in [4.69, 9.17) is 11.6 Å². The summed E-state index contributed by atoms with van der Waals surface area (Å²) in [5.74, 6) is -0.198. The van der Waals surface area contributed by atoms with E-state index in [2.05, 4.69) is 10.6 Å². The largest absolute Gasteiger partial charge is 0.313 e. The van der Waals surface area contributed by atoms with Crippen LogP contribution in [0.4, 0.5) is 4.39 Å². The van der Waals surface area contributed by atoms with Crippen LogP contribution in [0.3, 0.4) is 0 Å². The van der Waals surface area contributed by atoms with Gasteiger partial charge in [-0.15, -0.1) is 0 Å². The molecule has 1 fully saturated rings. The Morgan fingerprint density at radius 2 is 2.38 bits per heavy atom. The van der Waals surface area contributed by atoms with Crippen molar-refractivity contribution in [2.24, 2.45) is 0 Å². The number of nitrogens with one attached hydrogen (secondary N) is 2. The van der Waals surface area contributed by atoms with Crippen molar-refractivity contribution >= 4 is 11.6 Å². The van der Waals surface area contributed by atoms with Gasteiger partial charge < -0.3 is 10.6 Å². The third-order valence-electron chi connectivity index (χ3n) is 2.88. The summed E-state index contributed by atoms with van der Waals surface area (Å²) in [6.07, 6.45) is 2.43. The van der Waals surface area contributed by atoms with Gasteiger partial charge in [0.2, 0.25) is 0 Å². The van der Waals surface area contributed by atoms with Crippen LogP contribution in [-0.4, -0.2) is 19.1 Å². The van der Waals surface area contributed by atoms with Gasteiger partial charge in [0.15, 0.2) is 0 Å². The van der Waals surface area contributed by atoms with Crippen LogP contribution in [0.25, 0.3) is 0 Å². The SMILES string of the molecule is Fc1ccc(Cl)cc1CNCC1CCCN1. The molecule has 1 saturated heterocycles. The van der Waals surface area contributed by atoms with Gasteiger partial charge in [-0.1, -0.05) is 11.6 Å². The molecule has 0 aliphatic carbocycles. The fourth-order valence-corrected chi connectivity index (χ4v) is 2.19. The molecule has 4 heteroatoms. The molecule has 88 valence electrons. The first-order valence-corrected chi connectivity index (χ1v) is 6.01. The lowest BCUT2D eigenvalue weighted by molar-refractivity contribution is 0.524. The van der Waals surface area contributed by atoms with Gasteiger partial charge in [-0.05, 0) is 37.6 Å². The number of benzene rings is 1. The molecule has 1 aliphatic rings. The predicted octanol–water partition coefficient (Wildman–Crippen LogP) is 2.32. The Balaban J connectivity index is 1.82. The molecule has 2 N–H and O–H groups in total. The third-order valence-corrected chi connectivity index (χ3v) is 3.11. The molecule has 1 atom stereocenters. The van der Waals surface area contributed by atoms with E-state index in [1.165, 1.54) is 18.9 Å². The van der Waals surface area contributed by atoms with Crippen molar-refractivity contribution in [1.82, 2.24) is 10.6 Å². The number of hydrogen-bond donors (Lipinski definition) is 2. The van der Waals surface area contributed by atoms with Crippen molar-refractivity contribution in [3.8, 4) is 0 Å². The van der Waals surface area contributed by atoms with Crippen LogP contribution in [0.1, 0.15) is 18.4 Å². The molecule has 0 spiro atoms. The molecule has 0 amide bonds. The van der Waals surface area contributed by atoms with Crippen molar-refractivity contribution in [3.05, 3.63) is 34.6 Å². The minimum absolute atomic E-state index is 0.198. The summed E-state index contributed by atoms with van der Waals surface area (Å²) in [4.78, 5) is 0. The quantitative estimate of drug-likeness (QED) is 0.847. The highest BCUT2D eigenvalue weighted by Gasteiger charge is 2.13. The first kappa shape index (κ1) is 11.8. The van der Waals surface area contributed by atoms with Crippen LogP contribution < -0.4 is 10.6 Å². The van der Waals surface area contributed by atoms with Crippen molar-refractivity contribution in [3.63, 3.8) is 0 Å². The fourth-order valence-electron chi connectivity index (χ4n) is 1.99. The summed E-state index contributed by atoms with van der Waals surface area (Å²) in [5.41, 5.74) is 0.630. The van der Waals surface area contributed by atoms with Crippen molar-refractivity contribution in [2.75, 3.05) is 13.1 Å². The Hall–Kier alpha value is -0.640. The first-order valence-electron chi connectivity index (χ1n) is 5.64. The van der Waals surface area contributed by atoms with E-state index in [1.807, 2.05) is 0 Å². The van der Waals surface area contributed by atoms with Crippen molar-refractivity contribution in [2.45, 2.75) is 25.4 Å². The van der Waals surface area contributed by atoms with Gasteiger partial charge in [0.25, 0.3) is 0 Å². The minimum Gasteiger partial charge on any atom is -0.313 e. The Bertz CT molecular complexity index is 351. The molecule has 2 rings (SSSR count). The van der Waals surface area contributed by atoms with Crippen molar-refractivity contribution in [1.29, 1.82) is 0 Å². The number of hydrogen-bond acceptors (Lipinski definition) is 2. The van der Waals surface area contributed by atoms with Crippen LogP contribution >= 0.6 is 11.6 Å². The molecule has 2 nitrogen and oxygen atoms in total. The summed E-state index contributed by atoms with van der Waals surface area (Å²) in [7, 11) is 0. The fraction of sp³-hybridized carbons (Fsp3) is 0.500. The lowest BCUT2D eigenvalue weighted by atomic mass is 10.2. The second-order valence-electron chi connectivity index (χ2n) is 4.16. The molecule has 16 heavy (non-hydrogen) atoms. The van der Waals surface area contributed by atoms with Crippen LogP contribution in [0.15, 0.2) is 18.2 Å². The summed E-state index contributed by atoms with van der Waals surface area (Å²) < 4.78 is 13.4. The van der Waals surface area contributed by atoms with Gasteiger partial charge >= 0.3 is 0 Å². The maximum atomic E-state index is 13.4.